The summed E-state index contributed by atoms with van der Waals surface area (Å²) in [6, 6.07) is 0. The molecule has 0 heterocycles. The summed E-state index contributed by atoms with van der Waals surface area (Å²) in [5.74, 6) is 1.28. The van der Waals surface area contributed by atoms with E-state index < -0.39 is 0 Å². The second-order valence-corrected chi connectivity index (χ2v) is 5.43. The van der Waals surface area contributed by atoms with Crippen molar-refractivity contribution >= 4 is 17.7 Å². The topological polar surface area (TPSA) is 49.3 Å². The highest BCUT2D eigenvalue weighted by Crippen LogP contribution is 2.19. The van der Waals surface area contributed by atoms with Gasteiger partial charge in [0.05, 0.1) is 11.4 Å². The van der Waals surface area contributed by atoms with Crippen LogP contribution in [0.1, 0.15) is 40.0 Å². The molecule has 0 fully saturated rings. The Hall–Kier alpha value is -0.220. The van der Waals surface area contributed by atoms with Crippen molar-refractivity contribution < 1.29 is 9.90 Å². The Bertz CT molecular complexity index is 199. The lowest BCUT2D eigenvalue weighted by atomic mass is 10.0. The van der Waals surface area contributed by atoms with Crippen LogP contribution in [-0.4, -0.2) is 35.2 Å². The molecule has 96 valence electrons. The molecule has 1 amide bonds. The molecule has 0 aliphatic rings. The molecule has 0 saturated heterocycles. The molecule has 0 aromatic heterocycles. The molecule has 2 N–H and O–H groups in total. The molecule has 0 rings (SSSR count). The summed E-state index contributed by atoms with van der Waals surface area (Å²) in [6.45, 7) is 6.16. The van der Waals surface area contributed by atoms with Crippen LogP contribution in [0.4, 0.5) is 0 Å². The molecule has 0 bridgehead atoms. The summed E-state index contributed by atoms with van der Waals surface area (Å²) >= 11 is 1.64. The third kappa shape index (κ3) is 5.75. The molecule has 4 heteroatoms. The molecular formula is C12H25NO2S. The van der Waals surface area contributed by atoms with Crippen molar-refractivity contribution in [2.75, 3.05) is 12.8 Å². The Balaban J connectivity index is 3.82. The molecule has 0 aliphatic heterocycles. The monoisotopic (exact) mass is 247 g/mol. The van der Waals surface area contributed by atoms with Crippen LogP contribution < -0.4 is 5.32 Å². The SMILES string of the molecule is CCC(SCCC(O)C(C)CC)C(=O)NC. The first-order valence-corrected chi connectivity index (χ1v) is 7.12. The van der Waals surface area contributed by atoms with Gasteiger partial charge in [-0.25, -0.2) is 0 Å². The minimum Gasteiger partial charge on any atom is -0.393 e. The van der Waals surface area contributed by atoms with Crippen LogP contribution in [0.2, 0.25) is 0 Å². The third-order valence-corrected chi connectivity index (χ3v) is 4.36. The van der Waals surface area contributed by atoms with Gasteiger partial charge in [0.1, 0.15) is 0 Å². The lowest BCUT2D eigenvalue weighted by Crippen LogP contribution is -2.29. The molecular weight excluding hydrogens is 222 g/mol. The second kappa shape index (κ2) is 8.88. The number of hydrogen-bond donors (Lipinski definition) is 2. The predicted molar refractivity (Wildman–Crippen MR) is 70.7 cm³/mol. The van der Waals surface area contributed by atoms with Crippen LogP contribution in [0.15, 0.2) is 0 Å². The van der Waals surface area contributed by atoms with E-state index in [4.69, 9.17) is 0 Å². The van der Waals surface area contributed by atoms with Crippen LogP contribution in [0, 0.1) is 5.92 Å². The average molecular weight is 247 g/mol. The van der Waals surface area contributed by atoms with Gasteiger partial charge in [0.15, 0.2) is 0 Å². The van der Waals surface area contributed by atoms with Crippen molar-refractivity contribution in [1.82, 2.24) is 5.32 Å². The largest absolute Gasteiger partial charge is 0.393 e. The molecule has 0 saturated carbocycles. The zero-order valence-corrected chi connectivity index (χ0v) is 11.6. The highest BCUT2D eigenvalue weighted by atomic mass is 32.2. The summed E-state index contributed by atoms with van der Waals surface area (Å²) in [4.78, 5) is 11.4. The van der Waals surface area contributed by atoms with Crippen molar-refractivity contribution in [3.63, 3.8) is 0 Å². The zero-order valence-electron chi connectivity index (χ0n) is 10.8. The van der Waals surface area contributed by atoms with Gasteiger partial charge in [0, 0.05) is 7.05 Å². The molecule has 16 heavy (non-hydrogen) atoms. The Morgan fingerprint density at radius 2 is 2.00 bits per heavy atom. The molecule has 3 nitrogen and oxygen atoms in total. The number of amides is 1. The van der Waals surface area contributed by atoms with Gasteiger partial charge in [0.2, 0.25) is 5.91 Å². The molecule has 0 aromatic rings. The highest BCUT2D eigenvalue weighted by Gasteiger charge is 2.17. The van der Waals surface area contributed by atoms with Crippen molar-refractivity contribution in [2.45, 2.75) is 51.4 Å². The summed E-state index contributed by atoms with van der Waals surface area (Å²) in [5, 5.41) is 12.5. The van der Waals surface area contributed by atoms with E-state index in [9.17, 15) is 9.90 Å². The summed E-state index contributed by atoms with van der Waals surface area (Å²) in [5.41, 5.74) is 0. The lowest BCUT2D eigenvalue weighted by molar-refractivity contribution is -0.120. The van der Waals surface area contributed by atoms with Crippen molar-refractivity contribution in [2.24, 2.45) is 5.92 Å². The highest BCUT2D eigenvalue weighted by molar-refractivity contribution is 8.00. The van der Waals surface area contributed by atoms with E-state index in [0.717, 1.165) is 25.0 Å². The number of nitrogens with one attached hydrogen (secondary N) is 1. The van der Waals surface area contributed by atoms with E-state index in [-0.39, 0.29) is 17.3 Å². The van der Waals surface area contributed by atoms with Gasteiger partial charge in [-0.05, 0) is 24.5 Å². The first-order chi connectivity index (χ1) is 7.56. The van der Waals surface area contributed by atoms with E-state index in [1.807, 2.05) is 6.92 Å². The summed E-state index contributed by atoms with van der Waals surface area (Å²) in [7, 11) is 1.67. The fourth-order valence-corrected chi connectivity index (χ4v) is 2.59. The van der Waals surface area contributed by atoms with E-state index >= 15 is 0 Å². The van der Waals surface area contributed by atoms with Crippen molar-refractivity contribution in [3.05, 3.63) is 0 Å². The number of hydrogen-bond acceptors (Lipinski definition) is 3. The lowest BCUT2D eigenvalue weighted by Gasteiger charge is -2.18. The smallest absolute Gasteiger partial charge is 0.232 e. The average Bonchev–Trinajstić information content (AvgIpc) is 2.32. The van der Waals surface area contributed by atoms with Crippen LogP contribution in [-0.2, 0) is 4.79 Å². The molecule has 3 atom stereocenters. The Labute approximate surface area is 103 Å². The standard InChI is InChI=1S/C12H25NO2S/c1-5-9(3)10(14)7-8-16-11(6-2)12(15)13-4/h9-11,14H,5-8H2,1-4H3,(H,13,15). The van der Waals surface area contributed by atoms with Gasteiger partial charge in [-0.15, -0.1) is 11.8 Å². The zero-order chi connectivity index (χ0) is 12.6. The van der Waals surface area contributed by atoms with Crippen LogP contribution in [0.3, 0.4) is 0 Å². The van der Waals surface area contributed by atoms with Gasteiger partial charge in [-0.3, -0.25) is 4.79 Å². The molecule has 0 radical (unpaired) electrons. The predicted octanol–water partition coefficient (Wildman–Crippen LogP) is 2.04. The fraction of sp³-hybridized carbons (Fsp3) is 0.917. The first-order valence-electron chi connectivity index (χ1n) is 6.08. The molecule has 3 unspecified atom stereocenters. The maximum atomic E-state index is 11.4. The van der Waals surface area contributed by atoms with Crippen LogP contribution >= 0.6 is 11.8 Å². The molecule has 0 aromatic carbocycles. The van der Waals surface area contributed by atoms with Gasteiger partial charge < -0.3 is 10.4 Å². The molecule has 0 spiro atoms. The van der Waals surface area contributed by atoms with Gasteiger partial charge in [-0.1, -0.05) is 27.2 Å². The number of rotatable bonds is 8. The van der Waals surface area contributed by atoms with E-state index in [0.29, 0.717) is 5.92 Å². The number of carbonyl (C=O) groups is 1. The van der Waals surface area contributed by atoms with Crippen molar-refractivity contribution in [1.29, 1.82) is 0 Å². The quantitative estimate of drug-likeness (QED) is 0.690. The van der Waals surface area contributed by atoms with E-state index in [1.165, 1.54) is 0 Å². The van der Waals surface area contributed by atoms with Gasteiger partial charge in [0.25, 0.3) is 0 Å². The first kappa shape index (κ1) is 15.8. The van der Waals surface area contributed by atoms with E-state index in [1.54, 1.807) is 18.8 Å². The van der Waals surface area contributed by atoms with Gasteiger partial charge >= 0.3 is 0 Å². The summed E-state index contributed by atoms with van der Waals surface area (Å²) < 4.78 is 0. The minimum atomic E-state index is -0.236. The fourth-order valence-electron chi connectivity index (χ4n) is 1.43. The number of carbonyl (C=O) groups excluding carboxylic acids is 1. The third-order valence-electron chi connectivity index (χ3n) is 2.94. The Morgan fingerprint density at radius 1 is 1.38 bits per heavy atom. The second-order valence-electron chi connectivity index (χ2n) is 4.12. The summed E-state index contributed by atoms with van der Waals surface area (Å²) in [6.07, 6.45) is 2.37. The Kier molecular flexibility index (Phi) is 8.76. The number of aliphatic hydroxyl groups is 1. The maximum absolute atomic E-state index is 11.4. The van der Waals surface area contributed by atoms with Gasteiger partial charge in [-0.2, -0.15) is 0 Å². The molecule has 0 aliphatic carbocycles. The van der Waals surface area contributed by atoms with Crippen molar-refractivity contribution in [3.8, 4) is 0 Å². The minimum absolute atomic E-state index is 0.0223. The number of thioether (sulfide) groups is 1. The van der Waals surface area contributed by atoms with Crippen LogP contribution in [0.25, 0.3) is 0 Å². The Morgan fingerprint density at radius 3 is 2.44 bits per heavy atom. The number of aliphatic hydroxyl groups excluding tert-OH is 1. The van der Waals surface area contributed by atoms with Crippen LogP contribution in [0.5, 0.6) is 0 Å². The maximum Gasteiger partial charge on any atom is 0.232 e. The normalized spacial score (nSPS) is 16.6. The van der Waals surface area contributed by atoms with E-state index in [2.05, 4.69) is 19.2 Å².